The van der Waals surface area contributed by atoms with Gasteiger partial charge in [0.1, 0.15) is 17.9 Å². The summed E-state index contributed by atoms with van der Waals surface area (Å²) in [4.78, 5) is 18.3. The van der Waals surface area contributed by atoms with Gasteiger partial charge in [0.25, 0.3) is 5.56 Å². The Morgan fingerprint density at radius 1 is 1.59 bits per heavy atom. The van der Waals surface area contributed by atoms with Crippen LogP contribution in [0.2, 0.25) is 0 Å². The fraction of sp³-hybridized carbons (Fsp3) is 0.545. The summed E-state index contributed by atoms with van der Waals surface area (Å²) in [5.74, 6) is 0.525. The van der Waals surface area contributed by atoms with Crippen molar-refractivity contribution in [3.05, 3.63) is 28.7 Å². The number of aromatic nitrogens is 4. The predicted octanol–water partition coefficient (Wildman–Crippen LogP) is 1.30. The van der Waals surface area contributed by atoms with Crippen LogP contribution in [0.5, 0.6) is 0 Å². The molecule has 0 amide bonds. The van der Waals surface area contributed by atoms with Gasteiger partial charge in [0.15, 0.2) is 5.82 Å². The third-order valence-electron chi connectivity index (χ3n) is 2.56. The first-order valence-electron chi connectivity index (χ1n) is 5.76. The maximum atomic E-state index is 11.7. The van der Waals surface area contributed by atoms with Crippen molar-refractivity contribution in [1.82, 2.24) is 19.6 Å². The van der Waals surface area contributed by atoms with Crippen LogP contribution in [0.25, 0.3) is 5.52 Å². The van der Waals surface area contributed by atoms with E-state index in [1.807, 2.05) is 6.92 Å². The molecule has 1 N–H and O–H groups in total. The second-order valence-electron chi connectivity index (χ2n) is 3.93. The van der Waals surface area contributed by atoms with Gasteiger partial charge in [0.05, 0.1) is 6.20 Å². The van der Waals surface area contributed by atoms with Crippen molar-refractivity contribution in [2.24, 2.45) is 0 Å². The lowest BCUT2D eigenvalue weighted by Gasteiger charge is -2.11. The molecule has 2 heterocycles. The molecule has 17 heavy (non-hydrogen) atoms. The molecule has 0 aliphatic rings. The normalized spacial score (nSPS) is 13.1. The number of aromatic amines is 1. The van der Waals surface area contributed by atoms with Gasteiger partial charge in [-0.1, -0.05) is 13.3 Å². The number of unbranched alkanes of at least 4 members (excludes halogenated alkanes) is 1. The second-order valence-corrected chi connectivity index (χ2v) is 3.93. The first-order chi connectivity index (χ1) is 8.22. The number of hydrogen-bond acceptors (Lipinski definition) is 4. The Kier molecular flexibility index (Phi) is 3.53. The van der Waals surface area contributed by atoms with Crippen molar-refractivity contribution in [2.45, 2.75) is 32.8 Å². The molecule has 1 atom stereocenters. The van der Waals surface area contributed by atoms with Crippen LogP contribution in [-0.4, -0.2) is 26.2 Å². The van der Waals surface area contributed by atoms with E-state index in [2.05, 4.69) is 22.0 Å². The maximum Gasteiger partial charge on any atom is 0.277 e. The quantitative estimate of drug-likeness (QED) is 0.794. The van der Waals surface area contributed by atoms with Crippen molar-refractivity contribution < 1.29 is 4.74 Å². The highest BCUT2D eigenvalue weighted by Gasteiger charge is 2.11. The van der Waals surface area contributed by atoms with E-state index < -0.39 is 0 Å². The molecular weight excluding hydrogens is 220 g/mol. The average Bonchev–Trinajstić information content (AvgIpc) is 2.77. The zero-order valence-corrected chi connectivity index (χ0v) is 10.0. The number of ether oxygens (including phenoxy) is 1. The van der Waals surface area contributed by atoms with Crippen molar-refractivity contribution in [2.75, 3.05) is 6.61 Å². The minimum atomic E-state index is -0.221. The van der Waals surface area contributed by atoms with Gasteiger partial charge in [-0.3, -0.25) is 4.79 Å². The first kappa shape index (κ1) is 11.8. The summed E-state index contributed by atoms with van der Waals surface area (Å²) in [7, 11) is 0. The van der Waals surface area contributed by atoms with Crippen LogP contribution in [0.1, 0.15) is 38.6 Å². The van der Waals surface area contributed by atoms with Gasteiger partial charge in [0, 0.05) is 6.61 Å². The van der Waals surface area contributed by atoms with E-state index in [0.29, 0.717) is 17.9 Å². The van der Waals surface area contributed by atoms with E-state index in [0.717, 1.165) is 12.8 Å². The zero-order chi connectivity index (χ0) is 12.3. The number of hydrogen-bond donors (Lipinski definition) is 1. The smallest absolute Gasteiger partial charge is 0.277 e. The van der Waals surface area contributed by atoms with E-state index in [-0.39, 0.29) is 11.7 Å². The van der Waals surface area contributed by atoms with Crippen molar-refractivity contribution in [3.8, 4) is 0 Å². The Hall–Kier alpha value is -1.69. The molecular formula is C11H16N4O2. The van der Waals surface area contributed by atoms with E-state index >= 15 is 0 Å². The fourth-order valence-corrected chi connectivity index (χ4v) is 1.52. The van der Waals surface area contributed by atoms with Crippen LogP contribution in [0.15, 0.2) is 17.3 Å². The summed E-state index contributed by atoms with van der Waals surface area (Å²) in [6.45, 7) is 4.64. The fourth-order valence-electron chi connectivity index (χ4n) is 1.52. The third-order valence-corrected chi connectivity index (χ3v) is 2.56. The summed E-state index contributed by atoms with van der Waals surface area (Å²) in [5.41, 5.74) is 0.243. The molecule has 0 aliphatic heterocycles. The van der Waals surface area contributed by atoms with Gasteiger partial charge < -0.3 is 9.72 Å². The molecule has 6 heteroatoms. The van der Waals surface area contributed by atoms with Gasteiger partial charge in [-0.05, 0) is 13.3 Å². The topological polar surface area (TPSA) is 72.3 Å². The SMILES string of the molecule is CCCCOC(C)c1nn2cncc2c(=O)[nH]1. The number of nitrogens with zero attached hydrogens (tertiary/aromatic N) is 3. The number of imidazole rings is 1. The highest BCUT2D eigenvalue weighted by Crippen LogP contribution is 2.11. The minimum Gasteiger partial charge on any atom is -0.371 e. The Morgan fingerprint density at radius 2 is 2.41 bits per heavy atom. The second kappa shape index (κ2) is 5.09. The van der Waals surface area contributed by atoms with Gasteiger partial charge in [-0.15, -0.1) is 0 Å². The van der Waals surface area contributed by atoms with E-state index in [9.17, 15) is 4.79 Å². The summed E-state index contributed by atoms with van der Waals surface area (Å²) < 4.78 is 7.05. The largest absolute Gasteiger partial charge is 0.371 e. The Balaban J connectivity index is 2.20. The van der Waals surface area contributed by atoms with Crippen molar-refractivity contribution in [3.63, 3.8) is 0 Å². The maximum absolute atomic E-state index is 11.7. The molecule has 0 radical (unpaired) electrons. The van der Waals surface area contributed by atoms with Crippen LogP contribution in [0, 0.1) is 0 Å². The van der Waals surface area contributed by atoms with Gasteiger partial charge in [0.2, 0.25) is 0 Å². The Bertz CT molecular complexity index is 546. The Morgan fingerprint density at radius 3 is 3.18 bits per heavy atom. The zero-order valence-electron chi connectivity index (χ0n) is 10.0. The van der Waals surface area contributed by atoms with Crippen LogP contribution in [0.4, 0.5) is 0 Å². The molecule has 0 saturated carbocycles. The molecule has 0 saturated heterocycles. The minimum absolute atomic E-state index is 0.196. The van der Waals surface area contributed by atoms with E-state index in [1.54, 1.807) is 0 Å². The van der Waals surface area contributed by atoms with Gasteiger partial charge in [-0.25, -0.2) is 9.50 Å². The highest BCUT2D eigenvalue weighted by molar-refractivity contribution is 5.39. The van der Waals surface area contributed by atoms with Crippen LogP contribution < -0.4 is 5.56 Å². The molecule has 2 aromatic heterocycles. The molecule has 0 spiro atoms. The molecule has 1 unspecified atom stereocenters. The van der Waals surface area contributed by atoms with Crippen LogP contribution in [-0.2, 0) is 4.74 Å². The lowest BCUT2D eigenvalue weighted by molar-refractivity contribution is 0.0567. The molecule has 2 rings (SSSR count). The van der Waals surface area contributed by atoms with E-state index in [4.69, 9.17) is 4.74 Å². The molecule has 0 aliphatic carbocycles. The standard InChI is InChI=1S/C11H16N4O2/c1-3-4-5-17-8(2)10-13-11(16)9-6-12-7-15(9)14-10/h6-8H,3-5H2,1-2H3,(H,13,14,16). The van der Waals surface area contributed by atoms with E-state index in [1.165, 1.54) is 17.0 Å². The highest BCUT2D eigenvalue weighted by atomic mass is 16.5. The van der Waals surface area contributed by atoms with Gasteiger partial charge >= 0.3 is 0 Å². The average molecular weight is 236 g/mol. The number of nitrogens with one attached hydrogen (secondary N) is 1. The molecule has 0 aromatic carbocycles. The summed E-state index contributed by atoms with van der Waals surface area (Å²) in [6.07, 6.45) is 4.85. The van der Waals surface area contributed by atoms with Crippen molar-refractivity contribution in [1.29, 1.82) is 0 Å². The lowest BCUT2D eigenvalue weighted by atomic mass is 10.3. The summed E-state index contributed by atoms with van der Waals surface area (Å²) in [5, 5.41) is 4.25. The Labute approximate surface area is 98.6 Å². The molecule has 6 nitrogen and oxygen atoms in total. The van der Waals surface area contributed by atoms with Crippen molar-refractivity contribution >= 4 is 5.52 Å². The lowest BCUT2D eigenvalue weighted by Crippen LogP contribution is -2.18. The van der Waals surface area contributed by atoms with Crippen LogP contribution in [0.3, 0.4) is 0 Å². The first-order valence-corrected chi connectivity index (χ1v) is 5.76. The monoisotopic (exact) mass is 236 g/mol. The molecule has 0 fully saturated rings. The number of H-pyrrole nitrogens is 1. The number of fused-ring (bicyclic) bond motifs is 1. The summed E-state index contributed by atoms with van der Waals surface area (Å²) >= 11 is 0. The number of rotatable bonds is 5. The van der Waals surface area contributed by atoms with Gasteiger partial charge in [-0.2, -0.15) is 5.10 Å². The predicted molar refractivity (Wildman–Crippen MR) is 62.9 cm³/mol. The molecule has 92 valence electrons. The summed E-state index contributed by atoms with van der Waals surface area (Å²) in [6, 6.07) is 0. The third kappa shape index (κ3) is 2.52. The molecule has 2 aromatic rings. The molecule has 0 bridgehead atoms. The van der Waals surface area contributed by atoms with Crippen LogP contribution >= 0.6 is 0 Å².